The van der Waals surface area contributed by atoms with Crippen LogP contribution in [0.25, 0.3) is 0 Å². The molecule has 4 nitrogen and oxygen atoms in total. The number of ether oxygens (including phenoxy) is 1. The maximum absolute atomic E-state index is 5.60. The van der Waals surface area contributed by atoms with E-state index in [1.807, 2.05) is 6.07 Å². The van der Waals surface area contributed by atoms with Crippen molar-refractivity contribution in [2.24, 2.45) is 0 Å². The predicted molar refractivity (Wildman–Crippen MR) is 90.9 cm³/mol. The van der Waals surface area contributed by atoms with Gasteiger partial charge in [0, 0.05) is 41.9 Å². The number of nitrogens with zero attached hydrogens (tertiary/aromatic N) is 1. The Morgan fingerprint density at radius 3 is 2.64 bits per heavy atom. The summed E-state index contributed by atoms with van der Waals surface area (Å²) in [6.45, 7) is 4.77. The van der Waals surface area contributed by atoms with Crippen molar-refractivity contribution >= 4 is 15.9 Å². The normalized spacial score (nSPS) is 19.0. The monoisotopic (exact) mass is 363 g/mol. The molecular formula is C17H22BrN3O. The first kappa shape index (κ1) is 15.7. The molecule has 1 aliphatic rings. The number of hydrogen-bond acceptors (Lipinski definition) is 3. The lowest BCUT2D eigenvalue weighted by Gasteiger charge is -2.39. The molecule has 0 radical (unpaired) electrons. The fourth-order valence-electron chi connectivity index (χ4n) is 3.10. The first-order valence-corrected chi connectivity index (χ1v) is 8.55. The molecule has 2 aromatic rings. The molecule has 1 aromatic heterocycles. The van der Waals surface area contributed by atoms with Crippen molar-refractivity contribution in [1.82, 2.24) is 15.5 Å². The minimum absolute atomic E-state index is 0.146. The van der Waals surface area contributed by atoms with Crippen LogP contribution in [0.2, 0.25) is 0 Å². The highest BCUT2D eigenvalue weighted by molar-refractivity contribution is 9.10. The van der Waals surface area contributed by atoms with Crippen LogP contribution in [0.15, 0.2) is 41.0 Å². The van der Waals surface area contributed by atoms with Crippen molar-refractivity contribution in [3.05, 3.63) is 52.3 Å². The number of hydrogen-bond donors (Lipinski definition) is 2. The predicted octanol–water partition coefficient (Wildman–Crippen LogP) is 3.57. The maximum Gasteiger partial charge on any atom is 0.0518 e. The molecule has 0 aliphatic carbocycles. The van der Waals surface area contributed by atoms with E-state index >= 15 is 0 Å². The van der Waals surface area contributed by atoms with Crippen molar-refractivity contribution in [2.45, 2.75) is 31.2 Å². The van der Waals surface area contributed by atoms with Gasteiger partial charge in [-0.1, -0.05) is 28.1 Å². The van der Waals surface area contributed by atoms with E-state index < -0.39 is 0 Å². The van der Waals surface area contributed by atoms with E-state index in [1.54, 1.807) is 6.20 Å². The van der Waals surface area contributed by atoms with E-state index in [0.29, 0.717) is 0 Å². The van der Waals surface area contributed by atoms with E-state index in [9.17, 15) is 0 Å². The molecular weight excluding hydrogens is 342 g/mol. The Balaban J connectivity index is 1.76. The number of aromatic amines is 1. The number of benzene rings is 1. The standard InChI is InChI=1S/C17H22BrN3O/c1-13(16-6-9-20-21-16)19-12-17(7-10-22-11-8-17)14-2-4-15(18)5-3-14/h2-6,9,13,19H,7-8,10-12H2,1H3,(H,20,21)/t13-/m0/s1. The molecule has 0 bridgehead atoms. The van der Waals surface area contributed by atoms with Crippen LogP contribution in [0, 0.1) is 0 Å². The molecule has 2 heterocycles. The smallest absolute Gasteiger partial charge is 0.0518 e. The summed E-state index contributed by atoms with van der Waals surface area (Å²) >= 11 is 3.52. The fourth-order valence-corrected chi connectivity index (χ4v) is 3.36. The number of rotatable bonds is 5. The van der Waals surface area contributed by atoms with Crippen molar-refractivity contribution in [1.29, 1.82) is 0 Å². The summed E-state index contributed by atoms with van der Waals surface area (Å²) in [5.74, 6) is 0. The first-order valence-electron chi connectivity index (χ1n) is 7.76. The van der Waals surface area contributed by atoms with E-state index in [1.165, 1.54) is 5.56 Å². The highest BCUT2D eigenvalue weighted by Crippen LogP contribution is 2.35. The summed E-state index contributed by atoms with van der Waals surface area (Å²) in [4.78, 5) is 0. The Morgan fingerprint density at radius 2 is 2.00 bits per heavy atom. The number of nitrogens with one attached hydrogen (secondary N) is 2. The van der Waals surface area contributed by atoms with Gasteiger partial charge in [0.15, 0.2) is 0 Å². The zero-order chi connectivity index (χ0) is 15.4. The third-order valence-corrected chi connectivity index (χ3v) is 5.17. The Labute approximate surface area is 139 Å². The van der Waals surface area contributed by atoms with Gasteiger partial charge in [-0.3, -0.25) is 5.10 Å². The zero-order valence-electron chi connectivity index (χ0n) is 12.8. The van der Waals surface area contributed by atoms with E-state index in [4.69, 9.17) is 4.74 Å². The highest BCUT2D eigenvalue weighted by atomic mass is 79.9. The lowest BCUT2D eigenvalue weighted by atomic mass is 9.74. The van der Waals surface area contributed by atoms with Crippen molar-refractivity contribution in [2.75, 3.05) is 19.8 Å². The van der Waals surface area contributed by atoms with Gasteiger partial charge in [-0.2, -0.15) is 5.10 Å². The minimum atomic E-state index is 0.146. The average molecular weight is 364 g/mol. The molecule has 0 unspecified atom stereocenters. The summed E-state index contributed by atoms with van der Waals surface area (Å²) in [7, 11) is 0. The molecule has 1 aromatic carbocycles. The van der Waals surface area contributed by atoms with E-state index in [0.717, 1.165) is 42.8 Å². The van der Waals surface area contributed by atoms with Gasteiger partial charge >= 0.3 is 0 Å². The molecule has 1 aliphatic heterocycles. The second-order valence-corrected chi connectivity index (χ2v) is 6.93. The molecule has 5 heteroatoms. The van der Waals surface area contributed by atoms with Crippen molar-refractivity contribution in [3.63, 3.8) is 0 Å². The molecule has 1 fully saturated rings. The Morgan fingerprint density at radius 1 is 1.27 bits per heavy atom. The fraction of sp³-hybridized carbons (Fsp3) is 0.471. The molecule has 22 heavy (non-hydrogen) atoms. The molecule has 1 atom stereocenters. The molecule has 3 rings (SSSR count). The van der Waals surface area contributed by atoms with Gasteiger partial charge in [0.25, 0.3) is 0 Å². The second-order valence-electron chi connectivity index (χ2n) is 6.01. The summed E-state index contributed by atoms with van der Waals surface area (Å²) in [6, 6.07) is 11.0. The summed E-state index contributed by atoms with van der Waals surface area (Å²) < 4.78 is 6.72. The van der Waals surface area contributed by atoms with Gasteiger partial charge < -0.3 is 10.1 Å². The first-order chi connectivity index (χ1) is 10.7. The van der Waals surface area contributed by atoms with Crippen molar-refractivity contribution < 1.29 is 4.74 Å². The van der Waals surface area contributed by atoms with Crippen molar-refractivity contribution in [3.8, 4) is 0 Å². The Kier molecular flexibility index (Phi) is 4.96. The number of H-pyrrole nitrogens is 1. The molecule has 2 N–H and O–H groups in total. The van der Waals surface area contributed by atoms with Crippen LogP contribution in [0.1, 0.15) is 37.1 Å². The lowest BCUT2D eigenvalue weighted by Crippen LogP contribution is -2.43. The van der Waals surface area contributed by atoms with Crippen LogP contribution < -0.4 is 5.32 Å². The van der Waals surface area contributed by atoms with Gasteiger partial charge in [0.1, 0.15) is 0 Å². The maximum atomic E-state index is 5.60. The lowest BCUT2D eigenvalue weighted by molar-refractivity contribution is 0.0490. The van der Waals surface area contributed by atoms with Gasteiger partial charge in [-0.15, -0.1) is 0 Å². The highest BCUT2D eigenvalue weighted by Gasteiger charge is 2.34. The van der Waals surface area contributed by atoms with E-state index in [-0.39, 0.29) is 11.5 Å². The molecule has 0 saturated carbocycles. The molecule has 118 valence electrons. The van der Waals surface area contributed by atoms with Crippen LogP contribution in [0.5, 0.6) is 0 Å². The third kappa shape index (κ3) is 3.42. The quantitative estimate of drug-likeness (QED) is 0.853. The number of halogens is 1. The topological polar surface area (TPSA) is 49.9 Å². The summed E-state index contributed by atoms with van der Waals surface area (Å²) in [5, 5.41) is 10.7. The van der Waals surface area contributed by atoms with Crippen LogP contribution in [-0.4, -0.2) is 30.0 Å². The SMILES string of the molecule is C[C@H](NCC1(c2ccc(Br)cc2)CCOCC1)c1ccn[nH]1. The second kappa shape index (κ2) is 6.94. The third-order valence-electron chi connectivity index (χ3n) is 4.64. The van der Waals surface area contributed by atoms with Crippen LogP contribution in [-0.2, 0) is 10.2 Å². The summed E-state index contributed by atoms with van der Waals surface area (Å²) in [5.41, 5.74) is 2.66. The minimum Gasteiger partial charge on any atom is -0.381 e. The van der Waals surface area contributed by atoms with Gasteiger partial charge in [-0.05, 0) is 43.5 Å². The van der Waals surface area contributed by atoms with Crippen LogP contribution in [0.3, 0.4) is 0 Å². The van der Waals surface area contributed by atoms with E-state index in [2.05, 4.69) is 62.6 Å². The molecule has 0 amide bonds. The Hall–Kier alpha value is -1.17. The number of aromatic nitrogens is 2. The largest absolute Gasteiger partial charge is 0.381 e. The van der Waals surface area contributed by atoms with Gasteiger partial charge in [0.05, 0.1) is 5.69 Å². The van der Waals surface area contributed by atoms with Gasteiger partial charge in [0.2, 0.25) is 0 Å². The van der Waals surface area contributed by atoms with Gasteiger partial charge in [-0.25, -0.2) is 0 Å². The summed E-state index contributed by atoms with van der Waals surface area (Å²) in [6.07, 6.45) is 3.90. The van der Waals surface area contributed by atoms with Crippen LogP contribution >= 0.6 is 15.9 Å². The van der Waals surface area contributed by atoms with Crippen LogP contribution in [0.4, 0.5) is 0 Å². The average Bonchev–Trinajstić information content (AvgIpc) is 3.09. The molecule has 0 spiro atoms. The molecule has 1 saturated heterocycles. The Bertz CT molecular complexity index is 576. The zero-order valence-corrected chi connectivity index (χ0v) is 14.4.